The molecule has 4 heteroatoms. The van der Waals surface area contributed by atoms with Crippen LogP contribution < -0.4 is 11.1 Å². The number of halogens is 1. The molecule has 0 amide bonds. The minimum absolute atomic E-state index is 0.747. The van der Waals surface area contributed by atoms with Crippen molar-refractivity contribution in [2.75, 3.05) is 17.6 Å². The predicted molar refractivity (Wildman–Crippen MR) is 89.8 cm³/mol. The SMILES string of the molecule is Nc1ccc2ccnc(NCCc3ccc(Cl)cc3)c2c1. The number of hydrogen-bond donors (Lipinski definition) is 2. The maximum atomic E-state index is 5.88. The van der Waals surface area contributed by atoms with Gasteiger partial charge in [0.2, 0.25) is 0 Å². The zero-order chi connectivity index (χ0) is 14.7. The van der Waals surface area contributed by atoms with E-state index in [1.807, 2.05) is 54.7 Å². The van der Waals surface area contributed by atoms with E-state index in [0.717, 1.165) is 40.3 Å². The molecule has 0 aliphatic heterocycles. The molecule has 1 aromatic heterocycles. The van der Waals surface area contributed by atoms with Gasteiger partial charge in [-0.15, -0.1) is 0 Å². The Bertz CT molecular complexity index is 754. The highest BCUT2D eigenvalue weighted by atomic mass is 35.5. The summed E-state index contributed by atoms with van der Waals surface area (Å²) in [5, 5.41) is 6.32. The van der Waals surface area contributed by atoms with Gasteiger partial charge in [-0.25, -0.2) is 4.98 Å². The highest BCUT2D eigenvalue weighted by Crippen LogP contribution is 2.23. The first-order chi connectivity index (χ1) is 10.2. The Balaban J connectivity index is 1.73. The summed E-state index contributed by atoms with van der Waals surface area (Å²) in [5.74, 6) is 0.869. The molecule has 0 spiro atoms. The molecule has 3 aromatic rings. The second kappa shape index (κ2) is 6.02. The van der Waals surface area contributed by atoms with Crippen molar-refractivity contribution in [1.29, 1.82) is 0 Å². The maximum absolute atomic E-state index is 5.88. The van der Waals surface area contributed by atoms with Crippen LogP contribution in [0.5, 0.6) is 0 Å². The molecular weight excluding hydrogens is 282 g/mol. The molecule has 0 unspecified atom stereocenters. The summed E-state index contributed by atoms with van der Waals surface area (Å²) in [6.45, 7) is 0.808. The van der Waals surface area contributed by atoms with Gasteiger partial charge in [0.15, 0.2) is 0 Å². The molecule has 0 bridgehead atoms. The summed E-state index contributed by atoms with van der Waals surface area (Å²) in [4.78, 5) is 4.41. The molecule has 3 rings (SSSR count). The molecule has 3 nitrogen and oxygen atoms in total. The number of aromatic nitrogens is 1. The molecule has 1 heterocycles. The molecule has 0 saturated heterocycles. The summed E-state index contributed by atoms with van der Waals surface area (Å²) >= 11 is 5.88. The van der Waals surface area contributed by atoms with Crippen molar-refractivity contribution >= 4 is 33.9 Å². The minimum Gasteiger partial charge on any atom is -0.399 e. The van der Waals surface area contributed by atoms with E-state index in [9.17, 15) is 0 Å². The van der Waals surface area contributed by atoms with Crippen LogP contribution in [-0.2, 0) is 6.42 Å². The van der Waals surface area contributed by atoms with E-state index in [4.69, 9.17) is 17.3 Å². The lowest BCUT2D eigenvalue weighted by atomic mass is 10.1. The second-order valence-electron chi connectivity index (χ2n) is 4.94. The molecule has 0 saturated carbocycles. The maximum Gasteiger partial charge on any atom is 0.133 e. The van der Waals surface area contributed by atoms with Crippen LogP contribution in [0.1, 0.15) is 5.56 Å². The fourth-order valence-corrected chi connectivity index (χ4v) is 2.43. The van der Waals surface area contributed by atoms with Gasteiger partial charge in [0, 0.05) is 28.8 Å². The minimum atomic E-state index is 0.747. The molecular formula is C17H16ClN3. The normalized spacial score (nSPS) is 10.7. The molecule has 106 valence electrons. The Hall–Kier alpha value is -2.26. The molecule has 0 aliphatic rings. The van der Waals surface area contributed by atoms with Crippen LogP contribution in [0.3, 0.4) is 0 Å². The number of hydrogen-bond acceptors (Lipinski definition) is 3. The number of nitrogen functional groups attached to an aromatic ring is 1. The lowest BCUT2D eigenvalue weighted by Gasteiger charge is -2.09. The number of nitrogens with one attached hydrogen (secondary N) is 1. The van der Waals surface area contributed by atoms with Crippen LogP contribution in [-0.4, -0.2) is 11.5 Å². The van der Waals surface area contributed by atoms with Gasteiger partial charge in [-0.05, 0) is 47.7 Å². The zero-order valence-electron chi connectivity index (χ0n) is 11.5. The monoisotopic (exact) mass is 297 g/mol. The lowest BCUT2D eigenvalue weighted by molar-refractivity contribution is 1.01. The van der Waals surface area contributed by atoms with Crippen LogP contribution >= 0.6 is 11.6 Å². The van der Waals surface area contributed by atoms with Gasteiger partial charge in [0.05, 0.1) is 0 Å². The van der Waals surface area contributed by atoms with Gasteiger partial charge >= 0.3 is 0 Å². The van der Waals surface area contributed by atoms with E-state index in [-0.39, 0.29) is 0 Å². The Morgan fingerprint density at radius 1 is 1.05 bits per heavy atom. The molecule has 0 radical (unpaired) electrons. The van der Waals surface area contributed by atoms with Crippen molar-refractivity contribution in [3.05, 3.63) is 65.3 Å². The average Bonchev–Trinajstić information content (AvgIpc) is 2.50. The Labute approximate surface area is 128 Å². The third-order valence-corrected chi connectivity index (χ3v) is 3.66. The first-order valence-corrected chi connectivity index (χ1v) is 7.23. The quantitative estimate of drug-likeness (QED) is 0.712. The predicted octanol–water partition coefficient (Wildman–Crippen LogP) is 4.13. The van der Waals surface area contributed by atoms with Gasteiger partial charge < -0.3 is 11.1 Å². The number of nitrogens with zero attached hydrogens (tertiary/aromatic N) is 1. The third-order valence-electron chi connectivity index (χ3n) is 3.41. The third kappa shape index (κ3) is 3.26. The smallest absolute Gasteiger partial charge is 0.133 e. The number of nitrogens with two attached hydrogens (primary N) is 1. The van der Waals surface area contributed by atoms with E-state index in [2.05, 4.69) is 10.3 Å². The number of anilines is 2. The van der Waals surface area contributed by atoms with Crippen molar-refractivity contribution < 1.29 is 0 Å². The van der Waals surface area contributed by atoms with Crippen molar-refractivity contribution in [3.8, 4) is 0 Å². The molecule has 21 heavy (non-hydrogen) atoms. The van der Waals surface area contributed by atoms with Gasteiger partial charge in [0.25, 0.3) is 0 Å². The lowest BCUT2D eigenvalue weighted by Crippen LogP contribution is -2.06. The van der Waals surface area contributed by atoms with Crippen molar-refractivity contribution in [1.82, 2.24) is 4.98 Å². The first-order valence-electron chi connectivity index (χ1n) is 6.85. The highest BCUT2D eigenvalue weighted by molar-refractivity contribution is 6.30. The number of pyridine rings is 1. The first kappa shape index (κ1) is 13.7. The Kier molecular flexibility index (Phi) is 3.93. The standard InChI is InChI=1S/C17H16ClN3/c18-14-4-1-12(2-5-14)7-9-20-17-16-11-15(19)6-3-13(16)8-10-21-17/h1-6,8,10-11H,7,9,19H2,(H,20,21). The van der Waals surface area contributed by atoms with E-state index in [1.165, 1.54) is 5.56 Å². The van der Waals surface area contributed by atoms with Gasteiger partial charge in [-0.1, -0.05) is 29.8 Å². The highest BCUT2D eigenvalue weighted by Gasteiger charge is 2.02. The van der Waals surface area contributed by atoms with Gasteiger partial charge in [-0.3, -0.25) is 0 Å². The summed E-state index contributed by atoms with van der Waals surface area (Å²) in [5.41, 5.74) is 7.85. The average molecular weight is 298 g/mol. The molecule has 0 atom stereocenters. The molecule has 0 fully saturated rings. The zero-order valence-corrected chi connectivity index (χ0v) is 12.3. The topological polar surface area (TPSA) is 50.9 Å². The summed E-state index contributed by atoms with van der Waals surface area (Å²) in [6, 6.07) is 15.8. The summed E-state index contributed by atoms with van der Waals surface area (Å²) < 4.78 is 0. The van der Waals surface area contributed by atoms with Gasteiger partial charge in [0.1, 0.15) is 5.82 Å². The van der Waals surface area contributed by atoms with E-state index < -0.39 is 0 Å². The molecule has 2 aromatic carbocycles. The van der Waals surface area contributed by atoms with Crippen LogP contribution in [0.25, 0.3) is 10.8 Å². The van der Waals surface area contributed by atoms with E-state index in [0.29, 0.717) is 0 Å². The van der Waals surface area contributed by atoms with Crippen molar-refractivity contribution in [2.45, 2.75) is 6.42 Å². The Morgan fingerprint density at radius 3 is 2.67 bits per heavy atom. The summed E-state index contributed by atoms with van der Waals surface area (Å²) in [6.07, 6.45) is 2.72. The molecule has 0 aliphatic carbocycles. The number of rotatable bonds is 4. The largest absolute Gasteiger partial charge is 0.399 e. The Morgan fingerprint density at radius 2 is 1.86 bits per heavy atom. The van der Waals surface area contributed by atoms with Crippen LogP contribution in [0, 0.1) is 0 Å². The van der Waals surface area contributed by atoms with Crippen LogP contribution in [0.15, 0.2) is 54.7 Å². The number of fused-ring (bicyclic) bond motifs is 1. The number of benzene rings is 2. The van der Waals surface area contributed by atoms with Crippen LogP contribution in [0.4, 0.5) is 11.5 Å². The van der Waals surface area contributed by atoms with Crippen LogP contribution in [0.2, 0.25) is 5.02 Å². The fourth-order valence-electron chi connectivity index (χ4n) is 2.30. The van der Waals surface area contributed by atoms with E-state index >= 15 is 0 Å². The molecule has 3 N–H and O–H groups in total. The fraction of sp³-hybridized carbons (Fsp3) is 0.118. The van der Waals surface area contributed by atoms with Crippen molar-refractivity contribution in [2.24, 2.45) is 0 Å². The van der Waals surface area contributed by atoms with Gasteiger partial charge in [-0.2, -0.15) is 0 Å². The second-order valence-corrected chi connectivity index (χ2v) is 5.38. The van der Waals surface area contributed by atoms with E-state index in [1.54, 1.807) is 0 Å². The van der Waals surface area contributed by atoms with Crippen molar-refractivity contribution in [3.63, 3.8) is 0 Å². The summed E-state index contributed by atoms with van der Waals surface area (Å²) in [7, 11) is 0.